The molecule has 8 nitrogen and oxygen atoms in total. The molecule has 3 fully saturated rings. The van der Waals surface area contributed by atoms with Crippen LogP contribution < -0.4 is 5.73 Å². The minimum atomic E-state index is -5.16. The van der Waals surface area contributed by atoms with Gasteiger partial charge in [0.15, 0.2) is 5.69 Å². The Balaban J connectivity index is 1.65. The van der Waals surface area contributed by atoms with Crippen LogP contribution in [0, 0.1) is 11.8 Å². The Morgan fingerprint density at radius 3 is 2.31 bits per heavy atom. The average molecular weight is 505 g/mol. The molecule has 4 aliphatic rings. The lowest BCUT2D eigenvalue weighted by Gasteiger charge is -2.61. The van der Waals surface area contributed by atoms with Crippen molar-refractivity contribution in [3.8, 4) is 11.6 Å². The monoisotopic (exact) mass is 505 g/mol. The van der Waals surface area contributed by atoms with Gasteiger partial charge in [-0.05, 0) is 50.0 Å². The molecule has 2 aromatic rings. The number of carbonyl (C=O) groups is 1. The summed E-state index contributed by atoms with van der Waals surface area (Å²) in [5.41, 5.74) is -1.22. The summed E-state index contributed by atoms with van der Waals surface area (Å²) < 4.78 is 87.9. The minimum absolute atomic E-state index is 0.0536. The third-order valence-corrected chi connectivity index (χ3v) is 7.25. The zero-order valence-corrected chi connectivity index (χ0v) is 18.2. The van der Waals surface area contributed by atoms with Crippen molar-refractivity contribution in [2.75, 3.05) is 12.3 Å². The molecule has 3 heterocycles. The number of carbonyl (C=O) groups excluding carboxylic acids is 1. The molecule has 1 amide bonds. The number of pyridine rings is 1. The summed E-state index contributed by atoms with van der Waals surface area (Å²) in [7, 11) is 0. The number of amides is 1. The molecule has 0 saturated heterocycles. The molecule has 6 bridgehead atoms. The van der Waals surface area contributed by atoms with Crippen molar-refractivity contribution in [3.05, 3.63) is 23.2 Å². The first-order chi connectivity index (χ1) is 16.3. The number of hydrogen-bond acceptors (Lipinski definition) is 7. The maximum Gasteiger partial charge on any atom is 0.426 e. The van der Waals surface area contributed by atoms with Crippen LogP contribution in [-0.2, 0) is 11.8 Å². The molecule has 3 aliphatic carbocycles. The molecule has 1 atom stereocenters. The Morgan fingerprint density at radius 1 is 1.06 bits per heavy atom. The fraction of sp³-hybridized carbons (Fsp3) is 0.619. The van der Waals surface area contributed by atoms with E-state index >= 15 is 0 Å². The molecule has 3 saturated carbocycles. The quantitative estimate of drug-likeness (QED) is 0.565. The second-order valence-electron chi connectivity index (χ2n) is 9.38. The van der Waals surface area contributed by atoms with E-state index in [1.54, 1.807) is 0 Å². The van der Waals surface area contributed by atoms with E-state index in [-0.39, 0.29) is 43.7 Å². The van der Waals surface area contributed by atoms with Gasteiger partial charge in [0.25, 0.3) is 17.7 Å². The predicted molar refractivity (Wildman–Crippen MR) is 106 cm³/mol. The maximum absolute atomic E-state index is 13.8. The van der Waals surface area contributed by atoms with Crippen LogP contribution in [0.1, 0.15) is 60.5 Å². The summed E-state index contributed by atoms with van der Waals surface area (Å²) in [6, 6.07) is 0.252. The summed E-state index contributed by atoms with van der Waals surface area (Å²) in [5, 5.41) is 17.2. The number of hydrogen-bond donors (Lipinski definition) is 2. The van der Waals surface area contributed by atoms with Crippen LogP contribution in [0.15, 0.2) is 10.5 Å². The molecule has 0 unspecified atom stereocenters. The van der Waals surface area contributed by atoms with Gasteiger partial charge in [0.1, 0.15) is 5.69 Å². The van der Waals surface area contributed by atoms with E-state index in [0.29, 0.717) is 6.07 Å². The number of fused-ring (bicyclic) bond motifs is 5. The Kier molecular flexibility index (Phi) is 5.31. The SMILES string of the molecule is Nc1cc(C(F)(F)F)c2nc1-c1nnc(o1)[C@@](O)(C(F)(F)F)CCCCCN(C1C3CC1C3)C2=O. The lowest BCUT2D eigenvalue weighted by Crippen LogP contribution is -2.65. The van der Waals surface area contributed by atoms with Gasteiger partial charge < -0.3 is 20.2 Å². The van der Waals surface area contributed by atoms with Crippen molar-refractivity contribution in [1.29, 1.82) is 0 Å². The number of anilines is 1. The number of aliphatic hydroxyl groups is 1. The zero-order valence-electron chi connectivity index (χ0n) is 18.2. The second kappa shape index (κ2) is 7.80. The second-order valence-corrected chi connectivity index (χ2v) is 9.38. The molecule has 35 heavy (non-hydrogen) atoms. The number of halogens is 6. The van der Waals surface area contributed by atoms with E-state index in [1.807, 2.05) is 0 Å². The number of nitrogen functional groups attached to an aromatic ring is 1. The predicted octanol–water partition coefficient (Wildman–Crippen LogP) is 3.91. The highest BCUT2D eigenvalue weighted by Gasteiger charge is 2.59. The van der Waals surface area contributed by atoms with Gasteiger partial charge in [0.05, 0.1) is 11.3 Å². The van der Waals surface area contributed by atoms with Gasteiger partial charge in [0, 0.05) is 12.6 Å². The normalized spacial score (nSPS) is 29.3. The standard InChI is InChI=1S/C21H21F6N5O3/c22-20(23,24)11-8-12(28)14-16-30-31-18(35-16)19(34,21(25,26)27)4-2-1-3-5-32(17(33)13(11)29-14)15-9-6-10(15)7-9/h8-10,15,34H,1-7,28H2/t9?,10?,15?,19-/m1/s1. The van der Waals surface area contributed by atoms with Crippen molar-refractivity contribution < 1.29 is 40.7 Å². The summed E-state index contributed by atoms with van der Waals surface area (Å²) in [4.78, 5) is 18.6. The zero-order chi connectivity index (χ0) is 25.3. The average Bonchev–Trinajstić information content (AvgIpc) is 3.18. The van der Waals surface area contributed by atoms with Crippen molar-refractivity contribution in [2.45, 2.75) is 62.5 Å². The van der Waals surface area contributed by atoms with Crippen molar-refractivity contribution >= 4 is 11.6 Å². The van der Waals surface area contributed by atoms with E-state index < -0.39 is 64.7 Å². The number of aromatic nitrogens is 3. The number of nitrogens with two attached hydrogens (primary N) is 1. The molecule has 0 spiro atoms. The van der Waals surface area contributed by atoms with Gasteiger partial charge in [-0.2, -0.15) is 26.3 Å². The molecule has 6 rings (SSSR count). The summed E-state index contributed by atoms with van der Waals surface area (Å²) in [6.45, 7) is 0.0536. The first kappa shape index (κ1) is 23.8. The molecule has 14 heteroatoms. The van der Waals surface area contributed by atoms with Crippen molar-refractivity contribution in [2.24, 2.45) is 11.8 Å². The molecule has 0 aromatic carbocycles. The molecule has 190 valence electrons. The molecule has 2 aromatic heterocycles. The topological polar surface area (TPSA) is 118 Å². The first-order valence-electron chi connectivity index (χ1n) is 11.1. The van der Waals surface area contributed by atoms with Gasteiger partial charge in [0.2, 0.25) is 5.60 Å². The van der Waals surface area contributed by atoms with Crippen molar-refractivity contribution in [3.63, 3.8) is 0 Å². The number of rotatable bonds is 1. The Bertz CT molecular complexity index is 1150. The van der Waals surface area contributed by atoms with E-state index in [4.69, 9.17) is 10.2 Å². The largest absolute Gasteiger partial charge is 0.426 e. The highest BCUT2D eigenvalue weighted by molar-refractivity contribution is 5.95. The molecule has 1 aliphatic heterocycles. The Hall–Kier alpha value is -2.90. The van der Waals surface area contributed by atoms with Crippen LogP contribution in [0.4, 0.5) is 32.0 Å². The van der Waals surface area contributed by atoms with E-state index in [9.17, 15) is 36.2 Å². The van der Waals surface area contributed by atoms with Gasteiger partial charge in [-0.1, -0.05) is 6.42 Å². The molecule has 3 N–H and O–H groups in total. The number of alkyl halides is 6. The van der Waals surface area contributed by atoms with E-state index in [0.717, 1.165) is 12.8 Å². The summed E-state index contributed by atoms with van der Waals surface area (Å²) in [6.07, 6.45) is -8.84. The van der Waals surface area contributed by atoms with Gasteiger partial charge in [-0.25, -0.2) is 4.98 Å². The third-order valence-electron chi connectivity index (χ3n) is 7.25. The van der Waals surface area contributed by atoms with Crippen LogP contribution in [0.2, 0.25) is 0 Å². The summed E-state index contributed by atoms with van der Waals surface area (Å²) >= 11 is 0. The van der Waals surface area contributed by atoms with Crippen LogP contribution in [0.5, 0.6) is 0 Å². The van der Waals surface area contributed by atoms with Crippen LogP contribution >= 0.6 is 0 Å². The third kappa shape index (κ3) is 3.72. The fourth-order valence-corrected chi connectivity index (χ4v) is 5.07. The molecular weight excluding hydrogens is 484 g/mol. The van der Waals surface area contributed by atoms with Crippen molar-refractivity contribution in [1.82, 2.24) is 20.1 Å². The van der Waals surface area contributed by atoms with Gasteiger partial charge >= 0.3 is 12.4 Å². The van der Waals surface area contributed by atoms with Crippen LogP contribution in [0.3, 0.4) is 0 Å². The van der Waals surface area contributed by atoms with E-state index in [2.05, 4.69) is 15.2 Å². The van der Waals surface area contributed by atoms with Crippen LogP contribution in [-0.4, -0.2) is 49.9 Å². The van der Waals surface area contributed by atoms with Gasteiger partial charge in [-0.15, -0.1) is 10.2 Å². The lowest BCUT2D eigenvalue weighted by molar-refractivity contribution is -0.277. The Labute approximate surface area is 194 Å². The smallest absolute Gasteiger partial charge is 0.416 e. The van der Waals surface area contributed by atoms with Crippen LogP contribution in [0.25, 0.3) is 11.6 Å². The Morgan fingerprint density at radius 2 is 1.74 bits per heavy atom. The first-order valence-corrected chi connectivity index (χ1v) is 11.1. The molecule has 0 radical (unpaired) electrons. The maximum atomic E-state index is 13.8. The lowest BCUT2D eigenvalue weighted by atomic mass is 9.51. The summed E-state index contributed by atoms with van der Waals surface area (Å²) in [5.74, 6) is -2.49. The molecular formula is C21H21F6N5O3. The highest BCUT2D eigenvalue weighted by Crippen LogP contribution is 2.56. The minimum Gasteiger partial charge on any atom is -0.416 e. The fourth-order valence-electron chi connectivity index (χ4n) is 5.07. The van der Waals surface area contributed by atoms with E-state index in [1.165, 1.54) is 4.90 Å². The van der Waals surface area contributed by atoms with Gasteiger partial charge in [-0.3, -0.25) is 4.79 Å². The number of nitrogens with zero attached hydrogens (tertiary/aromatic N) is 4. The highest BCUT2D eigenvalue weighted by atomic mass is 19.4.